The molecule has 86 valence electrons. The lowest BCUT2D eigenvalue weighted by atomic mass is 10.2. The van der Waals surface area contributed by atoms with E-state index in [0.29, 0.717) is 22.8 Å². The van der Waals surface area contributed by atoms with E-state index in [9.17, 15) is 0 Å². The van der Waals surface area contributed by atoms with Crippen LogP contribution in [0, 0.1) is 29.6 Å². The van der Waals surface area contributed by atoms with Crippen molar-refractivity contribution in [1.82, 2.24) is 9.97 Å². The van der Waals surface area contributed by atoms with Crippen molar-refractivity contribution < 1.29 is 0 Å². The zero-order valence-electron chi connectivity index (χ0n) is 9.68. The first kappa shape index (κ1) is 11.6. The highest BCUT2D eigenvalue weighted by Gasteiger charge is 2.05. The summed E-state index contributed by atoms with van der Waals surface area (Å²) in [5.41, 5.74) is 1.73. The average molecular weight is 235 g/mol. The van der Waals surface area contributed by atoms with E-state index >= 15 is 0 Å². The summed E-state index contributed by atoms with van der Waals surface area (Å²) >= 11 is 0. The lowest BCUT2D eigenvalue weighted by Crippen LogP contribution is -2.00. The van der Waals surface area contributed by atoms with Crippen molar-refractivity contribution in [2.45, 2.75) is 6.92 Å². The highest BCUT2D eigenvalue weighted by molar-refractivity contribution is 5.62. The van der Waals surface area contributed by atoms with Gasteiger partial charge in [-0.2, -0.15) is 10.5 Å². The molecule has 0 bridgehead atoms. The van der Waals surface area contributed by atoms with E-state index in [-0.39, 0.29) is 0 Å². The summed E-state index contributed by atoms with van der Waals surface area (Å²) in [5, 5.41) is 20.7. The Morgan fingerprint density at radius 2 is 1.83 bits per heavy atom. The van der Waals surface area contributed by atoms with E-state index < -0.39 is 0 Å². The van der Waals surface area contributed by atoms with Crippen LogP contribution in [0.25, 0.3) is 0 Å². The van der Waals surface area contributed by atoms with Gasteiger partial charge in [0, 0.05) is 5.69 Å². The number of nitriles is 2. The number of nitrogens with one attached hydrogen (secondary N) is 1. The van der Waals surface area contributed by atoms with E-state index in [1.54, 1.807) is 31.2 Å². The largest absolute Gasteiger partial charge is 0.339 e. The molecule has 2 aromatic rings. The van der Waals surface area contributed by atoms with Gasteiger partial charge in [0.25, 0.3) is 0 Å². The van der Waals surface area contributed by atoms with Crippen molar-refractivity contribution in [3.05, 3.63) is 47.4 Å². The molecule has 1 N–H and O–H groups in total. The standard InChI is InChI=1S/C13H9N5/c1-9-16-8-11(7-15)13(17-9)18-12-4-2-10(6-14)3-5-12/h2-5,8H,1H3,(H,16,17,18). The van der Waals surface area contributed by atoms with Crippen LogP contribution < -0.4 is 5.32 Å². The fourth-order valence-electron chi connectivity index (χ4n) is 1.41. The molecule has 0 unspecified atom stereocenters. The molecule has 0 saturated carbocycles. The van der Waals surface area contributed by atoms with Gasteiger partial charge >= 0.3 is 0 Å². The van der Waals surface area contributed by atoms with E-state index in [1.807, 2.05) is 12.1 Å². The van der Waals surface area contributed by atoms with Gasteiger partial charge in [-0.3, -0.25) is 0 Å². The lowest BCUT2D eigenvalue weighted by molar-refractivity contribution is 1.05. The van der Waals surface area contributed by atoms with Crippen molar-refractivity contribution >= 4 is 11.5 Å². The maximum atomic E-state index is 8.96. The maximum absolute atomic E-state index is 8.96. The number of aryl methyl sites for hydroxylation is 1. The third kappa shape index (κ3) is 2.42. The van der Waals surface area contributed by atoms with Gasteiger partial charge in [-0.05, 0) is 31.2 Å². The van der Waals surface area contributed by atoms with Gasteiger partial charge in [0.1, 0.15) is 17.5 Å². The Bertz CT molecular complexity index is 647. The Balaban J connectivity index is 2.31. The molecule has 0 aliphatic heterocycles. The zero-order chi connectivity index (χ0) is 13.0. The lowest BCUT2D eigenvalue weighted by Gasteiger charge is -2.07. The van der Waals surface area contributed by atoms with Crippen molar-refractivity contribution in [1.29, 1.82) is 10.5 Å². The van der Waals surface area contributed by atoms with Gasteiger partial charge in [0.15, 0.2) is 5.82 Å². The molecule has 1 heterocycles. The smallest absolute Gasteiger partial charge is 0.152 e. The Morgan fingerprint density at radius 1 is 1.11 bits per heavy atom. The molecule has 5 nitrogen and oxygen atoms in total. The summed E-state index contributed by atoms with van der Waals surface area (Å²) in [7, 11) is 0. The molecule has 0 fully saturated rings. The van der Waals surface area contributed by atoms with E-state index in [0.717, 1.165) is 5.69 Å². The number of hydrogen-bond acceptors (Lipinski definition) is 5. The Hall–Kier alpha value is -2.92. The molecule has 1 aromatic heterocycles. The summed E-state index contributed by atoms with van der Waals surface area (Å²) < 4.78 is 0. The first-order valence-electron chi connectivity index (χ1n) is 5.24. The Kier molecular flexibility index (Phi) is 3.17. The van der Waals surface area contributed by atoms with Crippen LogP contribution >= 0.6 is 0 Å². The number of nitrogens with zero attached hydrogens (tertiary/aromatic N) is 4. The number of rotatable bonds is 2. The van der Waals surface area contributed by atoms with E-state index in [4.69, 9.17) is 10.5 Å². The van der Waals surface area contributed by atoms with Gasteiger partial charge in [-0.25, -0.2) is 9.97 Å². The summed E-state index contributed by atoms with van der Waals surface area (Å²) in [6.45, 7) is 1.76. The van der Waals surface area contributed by atoms with E-state index in [1.165, 1.54) is 6.20 Å². The molecule has 5 heteroatoms. The van der Waals surface area contributed by atoms with Gasteiger partial charge < -0.3 is 5.32 Å². The highest BCUT2D eigenvalue weighted by Crippen LogP contribution is 2.18. The third-order valence-corrected chi connectivity index (χ3v) is 2.31. The molecular formula is C13H9N5. The number of benzene rings is 1. The zero-order valence-corrected chi connectivity index (χ0v) is 9.68. The molecule has 2 rings (SSSR count). The number of aromatic nitrogens is 2. The van der Waals surface area contributed by atoms with Crippen LogP contribution in [-0.2, 0) is 0 Å². The molecule has 0 aliphatic carbocycles. The monoisotopic (exact) mass is 235 g/mol. The first-order valence-corrected chi connectivity index (χ1v) is 5.24. The van der Waals surface area contributed by atoms with Crippen molar-refractivity contribution in [3.63, 3.8) is 0 Å². The van der Waals surface area contributed by atoms with Crippen molar-refractivity contribution in [2.75, 3.05) is 5.32 Å². The molecule has 0 saturated heterocycles. The minimum atomic E-state index is 0.380. The number of anilines is 2. The second kappa shape index (κ2) is 4.94. The number of hydrogen-bond donors (Lipinski definition) is 1. The van der Waals surface area contributed by atoms with Crippen molar-refractivity contribution in [3.8, 4) is 12.1 Å². The quantitative estimate of drug-likeness (QED) is 0.862. The summed E-state index contributed by atoms with van der Waals surface area (Å²) in [6, 6.07) is 11.0. The normalized spacial score (nSPS) is 9.28. The van der Waals surface area contributed by atoms with Gasteiger partial charge in [0.05, 0.1) is 17.8 Å². The third-order valence-electron chi connectivity index (χ3n) is 2.31. The molecule has 0 aliphatic rings. The molecule has 1 aromatic carbocycles. The fourth-order valence-corrected chi connectivity index (χ4v) is 1.41. The summed E-state index contributed by atoms with van der Waals surface area (Å²) in [6.07, 6.45) is 1.48. The summed E-state index contributed by atoms with van der Waals surface area (Å²) in [4.78, 5) is 8.14. The second-order valence-corrected chi connectivity index (χ2v) is 3.61. The summed E-state index contributed by atoms with van der Waals surface area (Å²) in [5.74, 6) is 1.06. The molecule has 0 spiro atoms. The molecule has 18 heavy (non-hydrogen) atoms. The van der Waals surface area contributed by atoms with Crippen LogP contribution in [-0.4, -0.2) is 9.97 Å². The van der Waals surface area contributed by atoms with Crippen molar-refractivity contribution in [2.24, 2.45) is 0 Å². The topological polar surface area (TPSA) is 85.4 Å². The maximum Gasteiger partial charge on any atom is 0.152 e. The van der Waals surface area contributed by atoms with E-state index in [2.05, 4.69) is 15.3 Å². The molecule has 0 radical (unpaired) electrons. The van der Waals surface area contributed by atoms with Crippen LogP contribution in [0.2, 0.25) is 0 Å². The minimum absolute atomic E-state index is 0.380. The minimum Gasteiger partial charge on any atom is -0.339 e. The van der Waals surface area contributed by atoms with Crippen LogP contribution in [0.1, 0.15) is 17.0 Å². The van der Waals surface area contributed by atoms with Gasteiger partial charge in [0.2, 0.25) is 0 Å². The van der Waals surface area contributed by atoms with Gasteiger partial charge in [-0.15, -0.1) is 0 Å². The molecule has 0 amide bonds. The predicted molar refractivity (Wildman–Crippen MR) is 65.9 cm³/mol. The predicted octanol–water partition coefficient (Wildman–Crippen LogP) is 2.27. The molecular weight excluding hydrogens is 226 g/mol. The SMILES string of the molecule is Cc1ncc(C#N)c(Nc2ccc(C#N)cc2)n1. The average Bonchev–Trinajstić information content (AvgIpc) is 2.40. The van der Waals surface area contributed by atoms with Crippen LogP contribution in [0.3, 0.4) is 0 Å². The van der Waals surface area contributed by atoms with Gasteiger partial charge in [-0.1, -0.05) is 0 Å². The molecule has 0 atom stereocenters. The van der Waals surface area contributed by atoms with Crippen LogP contribution in [0.4, 0.5) is 11.5 Å². The van der Waals surface area contributed by atoms with Crippen LogP contribution in [0.15, 0.2) is 30.5 Å². The second-order valence-electron chi connectivity index (χ2n) is 3.61. The first-order chi connectivity index (χ1) is 8.72. The van der Waals surface area contributed by atoms with Crippen LogP contribution in [0.5, 0.6) is 0 Å². The highest BCUT2D eigenvalue weighted by atomic mass is 15.0. The fraction of sp³-hybridized carbons (Fsp3) is 0.0769. The Labute approximate surface area is 104 Å². The Morgan fingerprint density at radius 3 is 2.44 bits per heavy atom.